The van der Waals surface area contributed by atoms with Crippen LogP contribution in [0.15, 0.2) is 0 Å². The Morgan fingerprint density at radius 2 is 1.90 bits per heavy atom. The van der Waals surface area contributed by atoms with Crippen LogP contribution in [0.2, 0.25) is 0 Å². The molecule has 1 heterocycles. The third kappa shape index (κ3) is 1.18. The van der Waals surface area contributed by atoms with Crippen molar-refractivity contribution in [2.45, 2.75) is 25.4 Å². The first kappa shape index (κ1) is 6.61. The average molecular weight is 162 g/mol. The number of hydrogen-bond donors (Lipinski definition) is 0. The van der Waals surface area contributed by atoms with Crippen LogP contribution in [0.5, 0.6) is 0 Å². The summed E-state index contributed by atoms with van der Waals surface area (Å²) in [5, 5.41) is 0. The van der Waals surface area contributed by atoms with Gasteiger partial charge in [0.2, 0.25) is 0 Å². The first-order chi connectivity index (χ1) is 4.67. The smallest absolute Gasteiger partial charge is 0.266 e. The largest absolute Gasteiger partial charge is 0.267 e. The van der Waals surface area contributed by atoms with Crippen LogP contribution in [0.3, 0.4) is 0 Å². The Labute approximate surface area is 60.5 Å². The maximum atomic E-state index is 10.8. The van der Waals surface area contributed by atoms with Crippen molar-refractivity contribution in [3.63, 3.8) is 0 Å². The molecule has 0 bridgehead atoms. The second-order valence-electron chi connectivity index (χ2n) is 3.02. The predicted molar refractivity (Wildman–Crippen MR) is 36.0 cm³/mol. The molecule has 0 aromatic rings. The lowest BCUT2D eigenvalue weighted by molar-refractivity contribution is 0.211. The molecule has 10 heavy (non-hydrogen) atoms. The quantitative estimate of drug-likeness (QED) is 0.528. The van der Waals surface area contributed by atoms with E-state index < -0.39 is 10.1 Å². The Bertz CT molecular complexity index is 227. The lowest BCUT2D eigenvalue weighted by atomic mass is 10.2. The van der Waals surface area contributed by atoms with Crippen LogP contribution in [0, 0.1) is 5.92 Å². The summed E-state index contributed by atoms with van der Waals surface area (Å²) in [4.78, 5) is 0. The van der Waals surface area contributed by atoms with Gasteiger partial charge in [0, 0.05) is 0 Å². The summed E-state index contributed by atoms with van der Waals surface area (Å²) in [6.45, 7) is 0. The lowest BCUT2D eigenvalue weighted by Crippen LogP contribution is -2.08. The molecule has 1 saturated heterocycles. The molecule has 3 nitrogen and oxygen atoms in total. The summed E-state index contributed by atoms with van der Waals surface area (Å²) in [5.41, 5.74) is 0. The normalized spacial score (nSPS) is 38.2. The van der Waals surface area contributed by atoms with Gasteiger partial charge >= 0.3 is 0 Å². The molecule has 1 unspecified atom stereocenters. The highest BCUT2D eigenvalue weighted by Gasteiger charge is 2.39. The standard InChI is InChI=1S/C6H10O3S/c7-10(8)4-3-6(9-10)5-1-2-5/h5-6H,1-4H2. The molecule has 2 fully saturated rings. The molecule has 4 heteroatoms. The molecule has 0 spiro atoms. The van der Waals surface area contributed by atoms with Gasteiger partial charge in [0.1, 0.15) is 0 Å². The molecule has 0 aromatic heterocycles. The third-order valence-corrected chi connectivity index (χ3v) is 3.35. The van der Waals surface area contributed by atoms with Crippen LogP contribution < -0.4 is 0 Å². The van der Waals surface area contributed by atoms with E-state index in [1.807, 2.05) is 0 Å². The topological polar surface area (TPSA) is 43.4 Å². The van der Waals surface area contributed by atoms with Gasteiger partial charge in [-0.15, -0.1) is 0 Å². The van der Waals surface area contributed by atoms with Gasteiger partial charge in [0.25, 0.3) is 10.1 Å². The fraction of sp³-hybridized carbons (Fsp3) is 1.00. The van der Waals surface area contributed by atoms with E-state index in [4.69, 9.17) is 4.18 Å². The number of rotatable bonds is 1. The van der Waals surface area contributed by atoms with Crippen LogP contribution in [0.25, 0.3) is 0 Å². The zero-order chi connectivity index (χ0) is 7.19. The molecule has 1 aliphatic carbocycles. The van der Waals surface area contributed by atoms with Gasteiger partial charge < -0.3 is 0 Å². The van der Waals surface area contributed by atoms with Crippen molar-refractivity contribution < 1.29 is 12.6 Å². The first-order valence-corrected chi connectivity index (χ1v) is 5.16. The Morgan fingerprint density at radius 3 is 2.30 bits per heavy atom. The van der Waals surface area contributed by atoms with Gasteiger partial charge in [0.05, 0.1) is 11.9 Å². The molecule has 0 N–H and O–H groups in total. The predicted octanol–water partition coefficient (Wildman–Crippen LogP) is 0.515. The van der Waals surface area contributed by atoms with E-state index in [2.05, 4.69) is 0 Å². The third-order valence-electron chi connectivity index (χ3n) is 2.07. The molecule has 0 aromatic carbocycles. The van der Waals surface area contributed by atoms with Crippen LogP contribution in [0.1, 0.15) is 19.3 Å². The fourth-order valence-electron chi connectivity index (χ4n) is 1.33. The highest BCUT2D eigenvalue weighted by Crippen LogP contribution is 2.39. The van der Waals surface area contributed by atoms with Gasteiger partial charge in [0.15, 0.2) is 0 Å². The zero-order valence-electron chi connectivity index (χ0n) is 5.62. The number of hydrogen-bond acceptors (Lipinski definition) is 3. The summed E-state index contributed by atoms with van der Waals surface area (Å²) < 4.78 is 26.3. The molecular formula is C6H10O3S. The Hall–Kier alpha value is -0.0900. The van der Waals surface area contributed by atoms with Gasteiger partial charge in [-0.2, -0.15) is 8.42 Å². The van der Waals surface area contributed by atoms with E-state index in [1.165, 1.54) is 0 Å². The van der Waals surface area contributed by atoms with Gasteiger partial charge in [-0.25, -0.2) is 0 Å². The van der Waals surface area contributed by atoms with E-state index in [-0.39, 0.29) is 11.9 Å². The van der Waals surface area contributed by atoms with Gasteiger partial charge in [-0.3, -0.25) is 4.18 Å². The van der Waals surface area contributed by atoms with Crippen molar-refractivity contribution in [1.29, 1.82) is 0 Å². The van der Waals surface area contributed by atoms with E-state index in [0.717, 1.165) is 12.8 Å². The SMILES string of the molecule is O=S1(=O)CCC(C2CC2)O1. The minimum absolute atomic E-state index is 0.0324. The van der Waals surface area contributed by atoms with E-state index in [9.17, 15) is 8.42 Å². The Balaban J connectivity index is 2.05. The highest BCUT2D eigenvalue weighted by molar-refractivity contribution is 7.86. The molecule has 1 atom stereocenters. The van der Waals surface area contributed by atoms with Crippen molar-refractivity contribution in [1.82, 2.24) is 0 Å². The maximum Gasteiger partial charge on any atom is 0.267 e. The van der Waals surface area contributed by atoms with Crippen LogP contribution in [0.4, 0.5) is 0 Å². The van der Waals surface area contributed by atoms with Crippen LogP contribution in [-0.4, -0.2) is 20.3 Å². The fourth-order valence-corrected chi connectivity index (χ4v) is 2.57. The summed E-state index contributed by atoms with van der Waals surface area (Å²) in [6, 6.07) is 0. The Morgan fingerprint density at radius 1 is 1.20 bits per heavy atom. The van der Waals surface area contributed by atoms with Crippen molar-refractivity contribution in [2.24, 2.45) is 5.92 Å². The second-order valence-corrected chi connectivity index (χ2v) is 4.74. The first-order valence-electron chi connectivity index (χ1n) is 3.58. The van der Waals surface area contributed by atoms with E-state index in [0.29, 0.717) is 12.3 Å². The highest BCUT2D eigenvalue weighted by atomic mass is 32.2. The van der Waals surface area contributed by atoms with Gasteiger partial charge in [-0.05, 0) is 25.2 Å². The van der Waals surface area contributed by atoms with Crippen molar-refractivity contribution in [2.75, 3.05) is 5.75 Å². The van der Waals surface area contributed by atoms with Gasteiger partial charge in [-0.1, -0.05) is 0 Å². The van der Waals surface area contributed by atoms with Crippen molar-refractivity contribution >= 4 is 10.1 Å². The summed E-state index contributed by atoms with van der Waals surface area (Å²) in [6.07, 6.45) is 3.05. The monoisotopic (exact) mass is 162 g/mol. The summed E-state index contributed by atoms with van der Waals surface area (Å²) in [5.74, 6) is 0.783. The molecule has 1 saturated carbocycles. The second kappa shape index (κ2) is 1.95. The van der Waals surface area contributed by atoms with E-state index in [1.54, 1.807) is 0 Å². The van der Waals surface area contributed by atoms with Crippen LogP contribution in [-0.2, 0) is 14.3 Å². The van der Waals surface area contributed by atoms with Crippen molar-refractivity contribution in [3.05, 3.63) is 0 Å². The summed E-state index contributed by atoms with van der Waals surface area (Å²) in [7, 11) is -3.10. The zero-order valence-corrected chi connectivity index (χ0v) is 6.43. The van der Waals surface area contributed by atoms with Crippen molar-refractivity contribution in [3.8, 4) is 0 Å². The molecule has 2 rings (SSSR count). The minimum Gasteiger partial charge on any atom is -0.266 e. The van der Waals surface area contributed by atoms with Crippen LogP contribution >= 0.6 is 0 Å². The Kier molecular flexibility index (Phi) is 1.29. The average Bonchev–Trinajstić information content (AvgIpc) is 2.59. The summed E-state index contributed by atoms with van der Waals surface area (Å²) >= 11 is 0. The lowest BCUT2D eigenvalue weighted by Gasteiger charge is -2.02. The minimum atomic E-state index is -3.10. The maximum absolute atomic E-state index is 10.8. The molecule has 0 amide bonds. The molecule has 2 aliphatic rings. The molecular weight excluding hydrogens is 152 g/mol. The molecule has 1 aliphatic heterocycles. The molecule has 58 valence electrons. The van der Waals surface area contributed by atoms with E-state index >= 15 is 0 Å². The molecule has 0 radical (unpaired) electrons.